The number of carboxylic acids is 1. The number of benzene rings is 1. The number of carbonyl (C=O) groups is 1. The Balaban J connectivity index is 3.07. The Morgan fingerprint density at radius 2 is 2.20 bits per heavy atom. The fourth-order valence-electron chi connectivity index (χ4n) is 1.03. The van der Waals surface area contributed by atoms with Crippen LogP contribution in [0.1, 0.15) is 5.56 Å². The number of hydrogen-bond donors (Lipinski definition) is 3. The van der Waals surface area contributed by atoms with Crippen molar-refractivity contribution in [2.75, 3.05) is 7.11 Å². The van der Waals surface area contributed by atoms with Gasteiger partial charge in [0.1, 0.15) is 5.70 Å². The second kappa shape index (κ2) is 4.36. The molecule has 0 radical (unpaired) electrons. The van der Waals surface area contributed by atoms with Crippen molar-refractivity contribution in [3.63, 3.8) is 0 Å². The summed E-state index contributed by atoms with van der Waals surface area (Å²) >= 11 is 0. The van der Waals surface area contributed by atoms with E-state index in [0.29, 0.717) is 5.56 Å². The molecule has 0 saturated heterocycles. The Morgan fingerprint density at radius 3 is 2.73 bits per heavy atom. The lowest BCUT2D eigenvalue weighted by molar-refractivity contribution is -0.132. The van der Waals surface area contributed by atoms with Crippen LogP contribution in [0.3, 0.4) is 0 Å². The average Bonchev–Trinajstić information content (AvgIpc) is 2.20. The van der Waals surface area contributed by atoms with Crippen molar-refractivity contribution in [3.05, 3.63) is 29.5 Å². The molecule has 0 aliphatic rings. The van der Waals surface area contributed by atoms with E-state index in [4.69, 9.17) is 15.6 Å². The van der Waals surface area contributed by atoms with Crippen LogP contribution in [-0.4, -0.2) is 23.3 Å². The van der Waals surface area contributed by atoms with Gasteiger partial charge in [0.2, 0.25) is 0 Å². The number of rotatable bonds is 3. The van der Waals surface area contributed by atoms with E-state index in [1.807, 2.05) is 0 Å². The third-order valence-electron chi connectivity index (χ3n) is 1.77. The molecule has 4 N–H and O–H groups in total. The second-order valence-corrected chi connectivity index (χ2v) is 2.84. The summed E-state index contributed by atoms with van der Waals surface area (Å²) in [5.41, 5.74) is 5.51. The average molecular weight is 209 g/mol. The van der Waals surface area contributed by atoms with Gasteiger partial charge in [0, 0.05) is 0 Å². The van der Waals surface area contributed by atoms with E-state index in [-0.39, 0.29) is 17.2 Å². The van der Waals surface area contributed by atoms with Gasteiger partial charge in [0.25, 0.3) is 0 Å². The van der Waals surface area contributed by atoms with E-state index in [1.54, 1.807) is 0 Å². The number of methoxy groups -OCH3 is 1. The van der Waals surface area contributed by atoms with Crippen LogP contribution in [0.15, 0.2) is 23.9 Å². The summed E-state index contributed by atoms with van der Waals surface area (Å²) in [7, 11) is 1.41. The normalized spacial score (nSPS) is 11.1. The molecule has 0 aliphatic heterocycles. The van der Waals surface area contributed by atoms with Crippen molar-refractivity contribution in [2.24, 2.45) is 5.73 Å². The first kappa shape index (κ1) is 10.9. The van der Waals surface area contributed by atoms with Crippen LogP contribution in [0, 0.1) is 0 Å². The molecule has 1 aromatic carbocycles. The van der Waals surface area contributed by atoms with Gasteiger partial charge in [-0.1, -0.05) is 6.07 Å². The van der Waals surface area contributed by atoms with Crippen LogP contribution in [0.4, 0.5) is 0 Å². The van der Waals surface area contributed by atoms with Gasteiger partial charge < -0.3 is 20.7 Å². The highest BCUT2D eigenvalue weighted by Crippen LogP contribution is 2.26. The Bertz CT molecular complexity index is 412. The van der Waals surface area contributed by atoms with Crippen LogP contribution in [-0.2, 0) is 4.79 Å². The van der Waals surface area contributed by atoms with Crippen LogP contribution < -0.4 is 10.5 Å². The molecule has 0 unspecified atom stereocenters. The maximum Gasteiger partial charge on any atom is 0.351 e. The fourth-order valence-corrected chi connectivity index (χ4v) is 1.03. The van der Waals surface area contributed by atoms with Crippen molar-refractivity contribution in [2.45, 2.75) is 0 Å². The number of aromatic hydroxyl groups is 1. The minimum atomic E-state index is -1.19. The van der Waals surface area contributed by atoms with Crippen molar-refractivity contribution >= 4 is 12.0 Å². The molecule has 0 bridgehead atoms. The Hall–Kier alpha value is -2.17. The summed E-state index contributed by atoms with van der Waals surface area (Å²) in [5, 5.41) is 17.8. The van der Waals surface area contributed by atoms with Crippen LogP contribution in [0.2, 0.25) is 0 Å². The van der Waals surface area contributed by atoms with Crippen LogP contribution >= 0.6 is 0 Å². The smallest absolute Gasteiger partial charge is 0.351 e. The number of ether oxygens (including phenoxy) is 1. The van der Waals surface area contributed by atoms with Gasteiger partial charge in [0.05, 0.1) is 7.11 Å². The first-order valence-electron chi connectivity index (χ1n) is 4.12. The monoisotopic (exact) mass is 209 g/mol. The molecule has 0 amide bonds. The predicted octanol–water partition coefficient (Wildman–Crippen LogP) is 0.785. The number of carboxylic acid groups (broad SMARTS) is 1. The summed E-state index contributed by atoms with van der Waals surface area (Å²) in [5.74, 6) is -0.937. The SMILES string of the molecule is COc1cc(/C=C(\N)C(=O)O)ccc1O. The zero-order valence-electron chi connectivity index (χ0n) is 8.10. The highest BCUT2D eigenvalue weighted by Gasteiger charge is 2.04. The molecular formula is C10H11NO4. The molecule has 5 nitrogen and oxygen atoms in total. The van der Waals surface area contributed by atoms with Crippen LogP contribution in [0.5, 0.6) is 11.5 Å². The third kappa shape index (κ3) is 2.63. The molecular weight excluding hydrogens is 198 g/mol. The van der Waals surface area contributed by atoms with Crippen molar-refractivity contribution < 1.29 is 19.7 Å². The van der Waals surface area contributed by atoms with Crippen molar-refractivity contribution in [1.29, 1.82) is 0 Å². The summed E-state index contributed by atoms with van der Waals surface area (Å²) < 4.78 is 4.86. The first-order valence-corrected chi connectivity index (χ1v) is 4.12. The van der Waals surface area contributed by atoms with Gasteiger partial charge in [0.15, 0.2) is 11.5 Å². The van der Waals surface area contributed by atoms with Gasteiger partial charge in [-0.2, -0.15) is 0 Å². The van der Waals surface area contributed by atoms with Crippen LogP contribution in [0.25, 0.3) is 6.08 Å². The molecule has 0 fully saturated rings. The lowest BCUT2D eigenvalue weighted by Gasteiger charge is -2.03. The van der Waals surface area contributed by atoms with E-state index >= 15 is 0 Å². The topological polar surface area (TPSA) is 92.8 Å². The highest BCUT2D eigenvalue weighted by atomic mass is 16.5. The largest absolute Gasteiger partial charge is 0.504 e. The number of aliphatic carboxylic acids is 1. The van der Waals surface area contributed by atoms with E-state index in [0.717, 1.165) is 0 Å². The van der Waals surface area contributed by atoms with E-state index in [9.17, 15) is 9.90 Å². The predicted molar refractivity (Wildman–Crippen MR) is 54.5 cm³/mol. The lowest BCUT2D eigenvalue weighted by Crippen LogP contribution is -2.09. The van der Waals surface area contributed by atoms with Gasteiger partial charge in [-0.05, 0) is 23.8 Å². The first-order chi connectivity index (χ1) is 7.04. The van der Waals surface area contributed by atoms with E-state index < -0.39 is 5.97 Å². The zero-order valence-corrected chi connectivity index (χ0v) is 8.10. The maximum atomic E-state index is 10.5. The fraction of sp³-hybridized carbons (Fsp3) is 0.100. The molecule has 80 valence electrons. The standard InChI is InChI=1S/C10H11NO4/c1-15-9-5-6(2-3-8(9)12)4-7(11)10(13)14/h2-5,12H,11H2,1H3,(H,13,14)/b7-4-. The van der Waals surface area contributed by atoms with Gasteiger partial charge in [-0.3, -0.25) is 0 Å². The molecule has 0 spiro atoms. The molecule has 0 saturated carbocycles. The lowest BCUT2D eigenvalue weighted by atomic mass is 10.1. The molecule has 15 heavy (non-hydrogen) atoms. The van der Waals surface area contributed by atoms with Crippen molar-refractivity contribution in [3.8, 4) is 11.5 Å². The van der Waals surface area contributed by atoms with Gasteiger partial charge in [-0.25, -0.2) is 4.79 Å². The molecule has 0 heterocycles. The molecule has 1 aromatic rings. The summed E-state index contributed by atoms with van der Waals surface area (Å²) in [4.78, 5) is 10.5. The summed E-state index contributed by atoms with van der Waals surface area (Å²) in [6.45, 7) is 0. The summed E-state index contributed by atoms with van der Waals surface area (Å²) in [6, 6.07) is 4.43. The summed E-state index contributed by atoms with van der Waals surface area (Å²) in [6.07, 6.45) is 1.28. The van der Waals surface area contributed by atoms with Gasteiger partial charge in [-0.15, -0.1) is 0 Å². The Labute approximate surface area is 86.4 Å². The zero-order chi connectivity index (χ0) is 11.4. The van der Waals surface area contributed by atoms with E-state index in [2.05, 4.69) is 0 Å². The van der Waals surface area contributed by atoms with Crippen molar-refractivity contribution in [1.82, 2.24) is 0 Å². The van der Waals surface area contributed by atoms with Gasteiger partial charge >= 0.3 is 5.97 Å². The Morgan fingerprint density at radius 1 is 1.53 bits per heavy atom. The molecule has 0 aromatic heterocycles. The quantitative estimate of drug-likeness (QED) is 0.640. The minimum absolute atomic E-state index is 0.0106. The third-order valence-corrected chi connectivity index (χ3v) is 1.77. The number of hydrogen-bond acceptors (Lipinski definition) is 4. The minimum Gasteiger partial charge on any atom is -0.504 e. The Kier molecular flexibility index (Phi) is 3.17. The molecule has 0 aliphatic carbocycles. The number of phenolic OH excluding ortho intramolecular Hbond substituents is 1. The molecule has 1 rings (SSSR count). The molecule has 5 heteroatoms. The molecule has 0 atom stereocenters. The maximum absolute atomic E-state index is 10.5. The number of nitrogens with two attached hydrogens (primary N) is 1. The highest BCUT2D eigenvalue weighted by molar-refractivity contribution is 5.91. The van der Waals surface area contributed by atoms with E-state index in [1.165, 1.54) is 31.4 Å². The second-order valence-electron chi connectivity index (χ2n) is 2.84. The number of phenols is 1.